The second kappa shape index (κ2) is 6.77. The van der Waals surface area contributed by atoms with Crippen molar-refractivity contribution >= 4 is 17.5 Å². The lowest BCUT2D eigenvalue weighted by atomic mass is 9.99. The van der Waals surface area contributed by atoms with Crippen LogP contribution >= 0.6 is 11.6 Å². The third kappa shape index (κ3) is 3.36. The van der Waals surface area contributed by atoms with E-state index in [0.717, 1.165) is 28.3 Å². The Morgan fingerprint density at radius 2 is 2.17 bits per heavy atom. The number of fused-ring (bicyclic) bond motifs is 1. The molecule has 1 amide bonds. The molecule has 1 aliphatic rings. The molecule has 0 unspecified atom stereocenters. The summed E-state index contributed by atoms with van der Waals surface area (Å²) >= 11 is 6.26. The molecule has 24 heavy (non-hydrogen) atoms. The number of aryl methyl sites for hydroxylation is 2. The molecule has 1 aromatic carbocycles. The number of aromatic amines is 1. The Morgan fingerprint density at radius 3 is 2.92 bits per heavy atom. The van der Waals surface area contributed by atoms with Crippen LogP contribution in [0.15, 0.2) is 23.0 Å². The molecule has 0 fully saturated rings. The lowest BCUT2D eigenvalue weighted by Crippen LogP contribution is -2.36. The Bertz CT molecular complexity index is 818. The van der Waals surface area contributed by atoms with Crippen LogP contribution in [0, 0.1) is 13.8 Å². The first-order chi connectivity index (χ1) is 11.5. The number of hydrogen-bond donors (Lipinski definition) is 1. The van der Waals surface area contributed by atoms with Crippen LogP contribution in [-0.4, -0.2) is 27.3 Å². The number of halogens is 1. The van der Waals surface area contributed by atoms with Crippen LogP contribution in [0.2, 0.25) is 5.02 Å². The lowest BCUT2D eigenvalue weighted by Gasteiger charge is -2.29. The average molecular weight is 346 g/mol. The number of rotatable bonds is 3. The van der Waals surface area contributed by atoms with E-state index in [1.807, 2.05) is 24.0 Å². The van der Waals surface area contributed by atoms with Crippen molar-refractivity contribution in [3.8, 4) is 0 Å². The molecular formula is C18H20ClN3O2. The first kappa shape index (κ1) is 16.7. The van der Waals surface area contributed by atoms with Crippen molar-refractivity contribution in [2.24, 2.45) is 0 Å². The van der Waals surface area contributed by atoms with Crippen LogP contribution in [0.5, 0.6) is 0 Å². The minimum Gasteiger partial charge on any atom is -0.338 e. The smallest absolute Gasteiger partial charge is 0.338 e. The summed E-state index contributed by atoms with van der Waals surface area (Å²) in [4.78, 5) is 32.4. The van der Waals surface area contributed by atoms with E-state index in [4.69, 9.17) is 11.6 Å². The van der Waals surface area contributed by atoms with Gasteiger partial charge in [-0.25, -0.2) is 4.79 Å². The Hall–Kier alpha value is -2.14. The number of nitrogens with one attached hydrogen (secondary N) is 1. The van der Waals surface area contributed by atoms with Gasteiger partial charge in [0.2, 0.25) is 5.91 Å². The molecule has 0 radical (unpaired) electrons. The van der Waals surface area contributed by atoms with E-state index in [9.17, 15) is 9.59 Å². The van der Waals surface area contributed by atoms with Crippen molar-refractivity contribution in [2.45, 2.75) is 39.7 Å². The van der Waals surface area contributed by atoms with Crippen LogP contribution in [0.1, 0.15) is 34.5 Å². The molecule has 0 atom stereocenters. The number of carbonyl (C=O) groups excluding carboxylic acids is 1. The van der Waals surface area contributed by atoms with E-state index in [1.54, 1.807) is 6.92 Å². The topological polar surface area (TPSA) is 66.1 Å². The largest absolute Gasteiger partial charge is 0.345 e. The summed E-state index contributed by atoms with van der Waals surface area (Å²) in [6.45, 7) is 4.93. The van der Waals surface area contributed by atoms with Gasteiger partial charge in [-0.3, -0.25) is 4.79 Å². The fourth-order valence-corrected chi connectivity index (χ4v) is 3.52. The van der Waals surface area contributed by atoms with Crippen LogP contribution in [0.3, 0.4) is 0 Å². The Kier molecular flexibility index (Phi) is 4.71. The van der Waals surface area contributed by atoms with Gasteiger partial charge in [0.15, 0.2) is 0 Å². The monoisotopic (exact) mass is 345 g/mol. The maximum Gasteiger partial charge on any atom is 0.345 e. The van der Waals surface area contributed by atoms with Gasteiger partial charge in [0.1, 0.15) is 0 Å². The van der Waals surface area contributed by atoms with Gasteiger partial charge >= 0.3 is 5.69 Å². The first-order valence-electron chi connectivity index (χ1n) is 8.06. The van der Waals surface area contributed by atoms with E-state index < -0.39 is 0 Å². The van der Waals surface area contributed by atoms with Crippen molar-refractivity contribution < 1.29 is 4.79 Å². The molecule has 1 aromatic heterocycles. The normalized spacial score (nSPS) is 13.7. The highest BCUT2D eigenvalue weighted by molar-refractivity contribution is 6.31. The molecule has 3 rings (SSSR count). The molecule has 0 saturated heterocycles. The van der Waals surface area contributed by atoms with Crippen LogP contribution in [-0.2, 0) is 24.2 Å². The molecule has 5 nitrogen and oxygen atoms in total. The molecule has 126 valence electrons. The van der Waals surface area contributed by atoms with Gasteiger partial charge < -0.3 is 9.88 Å². The number of carbonyl (C=O) groups is 1. The molecule has 0 spiro atoms. The highest BCUT2D eigenvalue weighted by Crippen LogP contribution is 2.26. The summed E-state index contributed by atoms with van der Waals surface area (Å²) in [6, 6.07) is 5.89. The van der Waals surface area contributed by atoms with Crippen molar-refractivity contribution in [2.75, 3.05) is 6.54 Å². The summed E-state index contributed by atoms with van der Waals surface area (Å²) in [7, 11) is 0. The molecule has 2 heterocycles. The summed E-state index contributed by atoms with van der Waals surface area (Å²) in [6.07, 6.45) is 1.81. The van der Waals surface area contributed by atoms with Crippen molar-refractivity contribution in [3.63, 3.8) is 0 Å². The summed E-state index contributed by atoms with van der Waals surface area (Å²) in [5.74, 6) is 0.102. The van der Waals surface area contributed by atoms with Crippen LogP contribution in [0.25, 0.3) is 0 Å². The molecule has 6 heteroatoms. The van der Waals surface area contributed by atoms with E-state index >= 15 is 0 Å². The molecule has 2 aromatic rings. The summed E-state index contributed by atoms with van der Waals surface area (Å²) in [5, 5.41) is 0.724. The Balaban J connectivity index is 1.69. The van der Waals surface area contributed by atoms with Gasteiger partial charge in [0, 0.05) is 35.9 Å². The quantitative estimate of drug-likeness (QED) is 0.929. The first-order valence-corrected chi connectivity index (χ1v) is 8.44. The minimum atomic E-state index is -0.345. The van der Waals surface area contributed by atoms with E-state index in [0.29, 0.717) is 31.6 Å². The molecule has 0 saturated carbocycles. The second-order valence-corrected chi connectivity index (χ2v) is 6.58. The number of H-pyrrole nitrogens is 1. The number of benzene rings is 1. The molecule has 0 aliphatic carbocycles. The van der Waals surface area contributed by atoms with E-state index in [1.165, 1.54) is 5.56 Å². The van der Waals surface area contributed by atoms with Gasteiger partial charge in [-0.15, -0.1) is 0 Å². The fourth-order valence-electron chi connectivity index (χ4n) is 3.27. The highest BCUT2D eigenvalue weighted by Gasteiger charge is 2.22. The van der Waals surface area contributed by atoms with Gasteiger partial charge in [0.05, 0.1) is 0 Å². The number of hydrogen-bond acceptors (Lipinski definition) is 3. The Morgan fingerprint density at radius 1 is 1.38 bits per heavy atom. The summed E-state index contributed by atoms with van der Waals surface area (Å²) in [5.41, 5.74) is 4.35. The number of aromatic nitrogens is 2. The van der Waals surface area contributed by atoms with Gasteiger partial charge in [-0.1, -0.05) is 23.7 Å². The van der Waals surface area contributed by atoms with Crippen molar-refractivity contribution in [3.05, 3.63) is 61.8 Å². The number of nitrogens with zero attached hydrogens (tertiary/aromatic N) is 2. The maximum absolute atomic E-state index is 12.6. The Labute approximate surface area is 145 Å². The highest BCUT2D eigenvalue weighted by atomic mass is 35.5. The van der Waals surface area contributed by atoms with Gasteiger partial charge in [-0.2, -0.15) is 4.98 Å². The SMILES string of the molecule is Cc1nc(=O)[nH]c(C)c1CCC(=O)N1CCc2cccc(Cl)c2C1. The second-order valence-electron chi connectivity index (χ2n) is 6.17. The lowest BCUT2D eigenvalue weighted by molar-refractivity contribution is -0.132. The number of amides is 1. The molecule has 0 bridgehead atoms. The predicted molar refractivity (Wildman–Crippen MR) is 93.2 cm³/mol. The minimum absolute atomic E-state index is 0.102. The predicted octanol–water partition coefficient (Wildman–Crippen LogP) is 2.56. The third-order valence-electron chi connectivity index (χ3n) is 4.61. The zero-order chi connectivity index (χ0) is 17.3. The van der Waals surface area contributed by atoms with Gasteiger partial charge in [0.25, 0.3) is 0 Å². The van der Waals surface area contributed by atoms with Crippen LogP contribution < -0.4 is 5.69 Å². The maximum atomic E-state index is 12.6. The summed E-state index contributed by atoms with van der Waals surface area (Å²) < 4.78 is 0. The third-order valence-corrected chi connectivity index (χ3v) is 4.96. The van der Waals surface area contributed by atoms with E-state index in [2.05, 4.69) is 16.0 Å². The zero-order valence-corrected chi connectivity index (χ0v) is 14.6. The zero-order valence-electron chi connectivity index (χ0n) is 13.9. The molecular weight excluding hydrogens is 326 g/mol. The standard InChI is InChI=1S/C18H20ClN3O2/c1-11-14(12(2)21-18(24)20-11)6-7-17(23)22-9-8-13-4-3-5-16(19)15(13)10-22/h3-5H,6-10H2,1-2H3,(H,20,21,24). The fraction of sp³-hybridized carbons (Fsp3) is 0.389. The van der Waals surface area contributed by atoms with E-state index in [-0.39, 0.29) is 11.6 Å². The molecule has 1 aliphatic heterocycles. The van der Waals surface area contributed by atoms with Crippen molar-refractivity contribution in [1.82, 2.24) is 14.9 Å². The van der Waals surface area contributed by atoms with Crippen molar-refractivity contribution in [1.29, 1.82) is 0 Å². The molecule has 1 N–H and O–H groups in total. The van der Waals surface area contributed by atoms with Crippen LogP contribution in [0.4, 0.5) is 0 Å². The van der Waals surface area contributed by atoms with Gasteiger partial charge in [-0.05, 0) is 49.4 Å². The average Bonchev–Trinajstić information content (AvgIpc) is 2.53.